The fraction of sp³-hybridized carbons (Fsp3) is 0.768. The van der Waals surface area contributed by atoms with Crippen LogP contribution in [-0.2, 0) is 61.8 Å². The summed E-state index contributed by atoms with van der Waals surface area (Å²) in [5, 5.41) is 145. The summed E-state index contributed by atoms with van der Waals surface area (Å²) in [6, 6.07) is -2.26. The Hall–Kier alpha value is -4.91. The summed E-state index contributed by atoms with van der Waals surface area (Å²) < 4.78 is 59.8. The molecule has 13 unspecified atom stereocenters. The number of rotatable bonds is 27. The molecule has 5 amide bonds. The second-order valence-corrected chi connectivity index (χ2v) is 22.0. The molecule has 0 aromatic heterocycles. The number of aliphatic hydroxyl groups excluding tert-OH is 12. The summed E-state index contributed by atoms with van der Waals surface area (Å²) in [6.07, 6.45) is -29.4. The molecule has 5 aliphatic heterocycles. The zero-order chi connectivity index (χ0) is 64.5. The van der Waals surface area contributed by atoms with Crippen molar-refractivity contribution in [1.29, 1.82) is 0 Å². The standard InChI is InChI=1S/C56H87N5O27/c1-6-7-8-9-10-11-12-13-14-18-79-30-17-15-16-29(19-30)51(77)61-37-42(72)41(71)31(20-62)81-53(37)86-48-33(22-64)83-55(39(44(48)74)59-27(4)69)88-50-35(24-66)84-56(40(46(50)76)60-28(5)70)87-49-34(23-65)82-54(38(45(49)75)58-26(3)68)85-47-32(21-63)80-52(78)36(43(47)73)57-25(2)67/h15-17,19,31-50,52-56,62-66,71-76,78H,6-10,13-14,18,20-24H2,1-5H3,(H,57,67)(H,58,68)(H,59,69)(H,60,70)(H,61,77)/t31?,32?,33-,34-,35?,36-,37-,38?,39?,40-,41+,42+,43+,44?,45?,46?,47?,48+,49+,50+,52?,53?,54?,55?,56-/m0/s1. The Morgan fingerprint density at radius 1 is 0.455 bits per heavy atom. The monoisotopic (exact) mass is 1260 g/mol. The lowest BCUT2D eigenvalue weighted by Crippen LogP contribution is -2.72. The maximum Gasteiger partial charge on any atom is 0.251 e. The summed E-state index contributed by atoms with van der Waals surface area (Å²) >= 11 is 0. The van der Waals surface area contributed by atoms with E-state index in [4.69, 9.17) is 47.4 Å². The van der Waals surface area contributed by atoms with Gasteiger partial charge in [0.05, 0.1) is 39.6 Å². The lowest BCUT2D eigenvalue weighted by atomic mass is 9.93. The molecule has 5 aliphatic rings. The van der Waals surface area contributed by atoms with E-state index in [2.05, 4.69) is 45.3 Å². The first-order valence-corrected chi connectivity index (χ1v) is 29.3. The number of ether oxygens (including phenoxy) is 10. The molecule has 0 spiro atoms. The number of nitrogens with one attached hydrogen (secondary N) is 5. The van der Waals surface area contributed by atoms with Crippen molar-refractivity contribution in [2.45, 2.75) is 233 Å². The highest BCUT2D eigenvalue weighted by Crippen LogP contribution is 2.36. The topological polar surface area (TPSA) is 481 Å². The Morgan fingerprint density at radius 2 is 0.830 bits per heavy atom. The van der Waals surface area contributed by atoms with E-state index >= 15 is 0 Å². The van der Waals surface area contributed by atoms with Gasteiger partial charge in [0, 0.05) is 46.1 Å². The summed E-state index contributed by atoms with van der Waals surface area (Å²) in [6.45, 7) is 1.92. The van der Waals surface area contributed by atoms with Gasteiger partial charge in [0.15, 0.2) is 31.5 Å². The van der Waals surface area contributed by atoms with Crippen LogP contribution in [0, 0.1) is 11.8 Å². The van der Waals surface area contributed by atoms with Gasteiger partial charge in [-0.2, -0.15) is 0 Å². The minimum atomic E-state index is -2.03. The van der Waals surface area contributed by atoms with Crippen molar-refractivity contribution in [3.8, 4) is 17.6 Å². The van der Waals surface area contributed by atoms with Crippen molar-refractivity contribution in [2.75, 3.05) is 39.6 Å². The molecule has 32 heteroatoms. The highest BCUT2D eigenvalue weighted by molar-refractivity contribution is 5.94. The molecule has 5 saturated heterocycles. The van der Waals surface area contributed by atoms with Crippen LogP contribution in [0.5, 0.6) is 5.75 Å². The van der Waals surface area contributed by atoms with Crippen LogP contribution >= 0.6 is 0 Å². The van der Waals surface area contributed by atoms with Gasteiger partial charge >= 0.3 is 0 Å². The number of hydrogen-bond donors (Lipinski definition) is 17. The number of aliphatic hydroxyl groups is 12. The van der Waals surface area contributed by atoms with Gasteiger partial charge in [-0.3, -0.25) is 24.0 Å². The van der Waals surface area contributed by atoms with E-state index in [1.807, 2.05) is 0 Å². The molecule has 32 nitrogen and oxygen atoms in total. The van der Waals surface area contributed by atoms with E-state index < -0.39 is 216 Å². The number of benzene rings is 1. The van der Waals surface area contributed by atoms with E-state index in [1.54, 1.807) is 12.1 Å². The Morgan fingerprint density at radius 3 is 1.24 bits per heavy atom. The molecule has 0 aliphatic carbocycles. The van der Waals surface area contributed by atoms with E-state index in [0.29, 0.717) is 25.2 Å². The lowest BCUT2D eigenvalue weighted by molar-refractivity contribution is -0.367. The average molecular weight is 1260 g/mol. The van der Waals surface area contributed by atoms with Crippen molar-refractivity contribution >= 4 is 29.5 Å². The number of hydrogen-bond acceptors (Lipinski definition) is 27. The van der Waals surface area contributed by atoms with Crippen molar-refractivity contribution in [3.63, 3.8) is 0 Å². The molecule has 1 aromatic rings. The van der Waals surface area contributed by atoms with Crippen LogP contribution in [-0.4, -0.2) is 284 Å². The molecule has 88 heavy (non-hydrogen) atoms. The van der Waals surface area contributed by atoms with Gasteiger partial charge in [0.25, 0.3) is 5.91 Å². The Kier molecular flexibility index (Phi) is 28.3. The third kappa shape index (κ3) is 18.6. The molecule has 6 rings (SSSR count). The maximum absolute atomic E-state index is 13.9. The summed E-state index contributed by atoms with van der Waals surface area (Å²) in [5.74, 6) is 2.72. The Labute approximate surface area is 507 Å². The zero-order valence-corrected chi connectivity index (χ0v) is 49.4. The fourth-order valence-electron chi connectivity index (χ4n) is 11.0. The number of carbonyl (C=O) groups is 5. The average Bonchev–Trinajstić information content (AvgIpc) is 1.44. The predicted molar refractivity (Wildman–Crippen MR) is 296 cm³/mol. The maximum atomic E-state index is 13.9. The van der Waals surface area contributed by atoms with Gasteiger partial charge in [-0.05, 0) is 31.0 Å². The highest BCUT2D eigenvalue weighted by Gasteiger charge is 2.58. The zero-order valence-electron chi connectivity index (χ0n) is 49.4. The minimum Gasteiger partial charge on any atom is -0.494 e. The molecule has 498 valence electrons. The van der Waals surface area contributed by atoms with Crippen LogP contribution < -0.4 is 31.3 Å². The van der Waals surface area contributed by atoms with Crippen LogP contribution in [0.15, 0.2) is 24.3 Å². The number of amides is 5. The van der Waals surface area contributed by atoms with Gasteiger partial charge in [-0.15, -0.1) is 11.8 Å². The molecule has 0 radical (unpaired) electrons. The molecule has 5 fully saturated rings. The first kappa shape index (κ1) is 72.2. The van der Waals surface area contributed by atoms with Gasteiger partial charge in [-0.25, -0.2) is 0 Å². The molecule has 1 aromatic carbocycles. The summed E-state index contributed by atoms with van der Waals surface area (Å²) in [7, 11) is 0. The lowest BCUT2D eigenvalue weighted by Gasteiger charge is -2.51. The van der Waals surface area contributed by atoms with E-state index in [1.165, 1.54) is 18.6 Å². The van der Waals surface area contributed by atoms with Crippen LogP contribution in [0.4, 0.5) is 0 Å². The summed E-state index contributed by atoms with van der Waals surface area (Å²) in [4.78, 5) is 64.1. The summed E-state index contributed by atoms with van der Waals surface area (Å²) in [5.41, 5.74) is 0.0436. The second kappa shape index (κ2) is 34.5. The van der Waals surface area contributed by atoms with E-state index in [-0.39, 0.29) is 5.56 Å². The smallest absolute Gasteiger partial charge is 0.251 e. The Bertz CT molecular complexity index is 2460. The van der Waals surface area contributed by atoms with E-state index in [9.17, 15) is 85.3 Å². The van der Waals surface area contributed by atoms with Crippen molar-refractivity contribution in [3.05, 3.63) is 29.8 Å². The molecule has 0 saturated carbocycles. The third-order valence-corrected chi connectivity index (χ3v) is 15.3. The first-order valence-electron chi connectivity index (χ1n) is 29.3. The largest absolute Gasteiger partial charge is 0.494 e. The van der Waals surface area contributed by atoms with E-state index in [0.717, 1.165) is 53.4 Å². The highest BCUT2D eigenvalue weighted by atomic mass is 16.8. The fourth-order valence-corrected chi connectivity index (χ4v) is 11.0. The van der Waals surface area contributed by atoms with Crippen molar-refractivity contribution in [2.24, 2.45) is 0 Å². The van der Waals surface area contributed by atoms with Crippen molar-refractivity contribution < 1.29 is 133 Å². The first-order chi connectivity index (χ1) is 42.0. The molecule has 17 N–H and O–H groups in total. The van der Waals surface area contributed by atoms with Gasteiger partial charge in [0.2, 0.25) is 23.6 Å². The molecule has 0 bridgehead atoms. The third-order valence-electron chi connectivity index (χ3n) is 15.3. The van der Waals surface area contributed by atoms with Gasteiger partial charge in [-0.1, -0.05) is 32.3 Å². The van der Waals surface area contributed by atoms with Gasteiger partial charge < -0.3 is 135 Å². The molecule has 25 atom stereocenters. The number of carbonyl (C=O) groups excluding carboxylic acids is 5. The second-order valence-electron chi connectivity index (χ2n) is 22.0. The molecule has 5 heterocycles. The Balaban J connectivity index is 1.18. The quantitative estimate of drug-likeness (QED) is 0.0288. The van der Waals surface area contributed by atoms with Crippen LogP contribution in [0.25, 0.3) is 0 Å². The van der Waals surface area contributed by atoms with Gasteiger partial charge in [0.1, 0.15) is 128 Å². The SMILES string of the molecule is CCCCCCC#CCCCOc1cccc(C(=O)N[C@@H]2C(O[C@H]3C(O)C(NC(C)=O)C(O[C@@H]4C(CO)O[C@@H](O[C@H]5C(O)C(NC(C)=O)C(OC6C(CO)OC(O)[C@@H](NC(C)=O)[C@H]6O)O[C@H]5CO)[C@@H](NC(C)=O)C4O)O[C@H]3CO)OC(CO)[C@@H](O)[C@@H]2O)c1. The molecular formula is C56H87N5O27. The predicted octanol–water partition coefficient (Wildman–Crippen LogP) is -6.78. The van der Waals surface area contributed by atoms with Crippen LogP contribution in [0.1, 0.15) is 89.9 Å². The number of unbranched alkanes of at least 4 members (excludes halogenated alkanes) is 5. The minimum absolute atomic E-state index is 0.0436. The van der Waals surface area contributed by atoms with Crippen molar-refractivity contribution in [1.82, 2.24) is 26.6 Å². The normalized spacial score (nSPS) is 37.5. The van der Waals surface area contributed by atoms with Crippen LogP contribution in [0.3, 0.4) is 0 Å². The molecular weight excluding hydrogens is 1170 g/mol. The van der Waals surface area contributed by atoms with Crippen LogP contribution in [0.2, 0.25) is 0 Å².